The van der Waals surface area contributed by atoms with E-state index in [2.05, 4.69) is 17.1 Å². The van der Waals surface area contributed by atoms with Crippen molar-refractivity contribution in [2.75, 3.05) is 6.61 Å². The van der Waals surface area contributed by atoms with Gasteiger partial charge in [-0.05, 0) is 31.9 Å². The number of hydrogen-bond acceptors (Lipinski definition) is 6. The van der Waals surface area contributed by atoms with Crippen LogP contribution in [-0.4, -0.2) is 34.3 Å². The van der Waals surface area contributed by atoms with Gasteiger partial charge in [0, 0.05) is 12.6 Å². The van der Waals surface area contributed by atoms with Crippen LogP contribution in [0, 0.1) is 5.41 Å². The third kappa shape index (κ3) is 7.24. The molecule has 7 heteroatoms. The highest BCUT2D eigenvalue weighted by Crippen LogP contribution is 2.34. The molecule has 1 aliphatic rings. The molecule has 0 bridgehead atoms. The number of esters is 1. The normalized spacial score (nSPS) is 20.1. The molecule has 0 N–H and O–H groups in total. The molecule has 0 saturated carbocycles. The van der Waals surface area contributed by atoms with E-state index in [4.69, 9.17) is 18.9 Å². The van der Waals surface area contributed by atoms with Crippen LogP contribution in [0.1, 0.15) is 50.1 Å². The second-order valence-corrected chi connectivity index (χ2v) is 9.86. The molecule has 1 aliphatic heterocycles. The predicted molar refractivity (Wildman–Crippen MR) is 131 cm³/mol. The molecule has 3 aromatic rings. The molecule has 1 saturated heterocycles. The van der Waals surface area contributed by atoms with Crippen molar-refractivity contribution in [2.24, 2.45) is 5.41 Å². The van der Waals surface area contributed by atoms with Gasteiger partial charge in [-0.1, -0.05) is 60.7 Å². The second-order valence-electron chi connectivity index (χ2n) is 9.86. The van der Waals surface area contributed by atoms with Crippen molar-refractivity contribution >= 4 is 5.97 Å². The summed E-state index contributed by atoms with van der Waals surface area (Å²) in [5.74, 6) is -0.255. The Balaban J connectivity index is 1.36. The number of carbonyl (C=O) groups is 1. The highest BCUT2D eigenvalue weighted by atomic mass is 16.6. The van der Waals surface area contributed by atoms with Crippen LogP contribution < -0.4 is 0 Å². The fraction of sp³-hybridized carbons (Fsp3) is 0.429. The lowest BCUT2D eigenvalue weighted by Crippen LogP contribution is -2.29. The zero-order chi connectivity index (χ0) is 24.7. The lowest BCUT2D eigenvalue weighted by Gasteiger charge is -2.19. The summed E-state index contributed by atoms with van der Waals surface area (Å²) in [6.45, 7) is 7.06. The second kappa shape index (κ2) is 11.6. The Bertz CT molecular complexity index is 1060. The first-order valence-electron chi connectivity index (χ1n) is 12.0. The van der Waals surface area contributed by atoms with Gasteiger partial charge in [0.15, 0.2) is 6.73 Å². The third-order valence-corrected chi connectivity index (χ3v) is 5.84. The van der Waals surface area contributed by atoms with E-state index in [1.807, 2.05) is 75.5 Å². The smallest absolute Gasteiger partial charge is 0.312 e. The molecule has 4 rings (SSSR count). The van der Waals surface area contributed by atoms with Crippen LogP contribution in [0.4, 0.5) is 0 Å². The molecule has 0 amide bonds. The molecule has 7 nitrogen and oxygen atoms in total. The van der Waals surface area contributed by atoms with E-state index in [1.165, 1.54) is 0 Å². The Morgan fingerprint density at radius 3 is 2.34 bits per heavy atom. The fourth-order valence-electron chi connectivity index (χ4n) is 3.84. The maximum Gasteiger partial charge on any atom is 0.312 e. The number of ether oxygens (including phenoxy) is 4. The van der Waals surface area contributed by atoms with Crippen LogP contribution in [0.25, 0.3) is 0 Å². The summed E-state index contributed by atoms with van der Waals surface area (Å²) in [7, 11) is 0. The van der Waals surface area contributed by atoms with E-state index >= 15 is 0 Å². The summed E-state index contributed by atoms with van der Waals surface area (Å²) in [4.78, 5) is 16.6. The lowest BCUT2D eigenvalue weighted by atomic mass is 9.98. The number of carbonyl (C=O) groups excluding carboxylic acids is 1. The van der Waals surface area contributed by atoms with E-state index < -0.39 is 5.41 Å². The van der Waals surface area contributed by atoms with Gasteiger partial charge < -0.3 is 23.5 Å². The Hall–Kier alpha value is -3.00. The predicted octanol–water partition coefficient (Wildman–Crippen LogP) is 5.06. The lowest BCUT2D eigenvalue weighted by molar-refractivity contribution is -0.156. The minimum absolute atomic E-state index is 0.118. The SMILES string of the molecule is CC(C)(C)C(=O)OCn1cnc([C@H]2C[C@H](OCc3ccccc3)[C@@H](COCc3ccccc3)O2)c1. The molecule has 186 valence electrons. The Kier molecular flexibility index (Phi) is 8.33. The van der Waals surface area contributed by atoms with Gasteiger partial charge >= 0.3 is 5.97 Å². The van der Waals surface area contributed by atoms with Crippen molar-refractivity contribution in [3.8, 4) is 0 Å². The molecule has 35 heavy (non-hydrogen) atoms. The number of aromatic nitrogens is 2. The minimum atomic E-state index is -0.547. The summed E-state index contributed by atoms with van der Waals surface area (Å²) in [6, 6.07) is 20.2. The number of hydrogen-bond donors (Lipinski definition) is 0. The van der Waals surface area contributed by atoms with Crippen molar-refractivity contribution in [2.45, 2.75) is 65.4 Å². The zero-order valence-corrected chi connectivity index (χ0v) is 20.6. The van der Waals surface area contributed by atoms with Crippen LogP contribution in [0.5, 0.6) is 0 Å². The largest absolute Gasteiger partial charge is 0.443 e. The van der Waals surface area contributed by atoms with E-state index in [1.54, 1.807) is 10.9 Å². The van der Waals surface area contributed by atoms with Crippen LogP contribution >= 0.6 is 0 Å². The quantitative estimate of drug-likeness (QED) is 0.379. The summed E-state index contributed by atoms with van der Waals surface area (Å²) in [5.41, 5.74) is 2.47. The van der Waals surface area contributed by atoms with Gasteiger partial charge in [0.1, 0.15) is 12.2 Å². The van der Waals surface area contributed by atoms with E-state index in [0.717, 1.165) is 16.8 Å². The standard InChI is InChI=1S/C28H34N2O5/c1-28(2,3)27(31)34-20-30-15-23(29-19-30)24-14-25(33-17-22-12-8-5-9-13-22)26(35-24)18-32-16-21-10-6-4-7-11-21/h4-13,15,19,24-26H,14,16-18,20H2,1-3H3/t24-,25+,26-/m1/s1. The maximum absolute atomic E-state index is 12.1. The summed E-state index contributed by atoms with van der Waals surface area (Å²) in [6.07, 6.45) is 3.64. The molecule has 3 atom stereocenters. The molecule has 0 aliphatic carbocycles. The first kappa shape index (κ1) is 25.1. The maximum atomic E-state index is 12.1. The fourth-order valence-corrected chi connectivity index (χ4v) is 3.84. The third-order valence-electron chi connectivity index (χ3n) is 5.84. The van der Waals surface area contributed by atoms with Crippen LogP contribution in [0.15, 0.2) is 73.2 Å². The van der Waals surface area contributed by atoms with E-state index in [-0.39, 0.29) is 31.0 Å². The topological polar surface area (TPSA) is 71.8 Å². The van der Waals surface area contributed by atoms with E-state index in [0.29, 0.717) is 26.2 Å². The molecule has 2 heterocycles. The van der Waals surface area contributed by atoms with Gasteiger partial charge in [0.05, 0.1) is 43.4 Å². The van der Waals surface area contributed by atoms with Crippen molar-refractivity contribution in [3.05, 3.63) is 90.0 Å². The Morgan fingerprint density at radius 1 is 1.03 bits per heavy atom. The zero-order valence-electron chi connectivity index (χ0n) is 20.6. The number of nitrogens with zero attached hydrogens (tertiary/aromatic N) is 2. The number of rotatable bonds is 10. The minimum Gasteiger partial charge on any atom is -0.443 e. The summed E-state index contributed by atoms with van der Waals surface area (Å²) >= 11 is 0. The van der Waals surface area contributed by atoms with Gasteiger partial charge in [-0.25, -0.2) is 4.98 Å². The molecule has 2 aromatic carbocycles. The number of benzene rings is 2. The Morgan fingerprint density at radius 2 is 1.69 bits per heavy atom. The summed E-state index contributed by atoms with van der Waals surface area (Å²) < 4.78 is 25.7. The summed E-state index contributed by atoms with van der Waals surface area (Å²) in [5, 5.41) is 0. The van der Waals surface area contributed by atoms with Crippen molar-refractivity contribution in [1.82, 2.24) is 9.55 Å². The van der Waals surface area contributed by atoms with Gasteiger partial charge in [-0.3, -0.25) is 4.79 Å². The van der Waals surface area contributed by atoms with Gasteiger partial charge in [-0.2, -0.15) is 0 Å². The van der Waals surface area contributed by atoms with Crippen molar-refractivity contribution in [1.29, 1.82) is 0 Å². The van der Waals surface area contributed by atoms with Crippen LogP contribution in [-0.2, 0) is 43.7 Å². The molecule has 1 fully saturated rings. The van der Waals surface area contributed by atoms with Gasteiger partial charge in [0.2, 0.25) is 0 Å². The van der Waals surface area contributed by atoms with Crippen LogP contribution in [0.2, 0.25) is 0 Å². The van der Waals surface area contributed by atoms with Crippen molar-refractivity contribution < 1.29 is 23.7 Å². The highest BCUT2D eigenvalue weighted by Gasteiger charge is 2.38. The van der Waals surface area contributed by atoms with Gasteiger partial charge in [0.25, 0.3) is 0 Å². The average molecular weight is 479 g/mol. The molecule has 0 spiro atoms. The van der Waals surface area contributed by atoms with Crippen LogP contribution in [0.3, 0.4) is 0 Å². The molecular formula is C28H34N2O5. The monoisotopic (exact) mass is 478 g/mol. The average Bonchev–Trinajstić information content (AvgIpc) is 3.49. The molecular weight excluding hydrogens is 444 g/mol. The molecule has 0 radical (unpaired) electrons. The van der Waals surface area contributed by atoms with E-state index in [9.17, 15) is 4.79 Å². The number of imidazole rings is 1. The van der Waals surface area contributed by atoms with Gasteiger partial charge in [-0.15, -0.1) is 0 Å². The first-order valence-corrected chi connectivity index (χ1v) is 12.0. The highest BCUT2D eigenvalue weighted by molar-refractivity contribution is 5.75. The molecule has 1 aromatic heterocycles. The van der Waals surface area contributed by atoms with Crippen molar-refractivity contribution in [3.63, 3.8) is 0 Å². The Labute approximate surface area is 207 Å². The molecule has 0 unspecified atom stereocenters. The first-order chi connectivity index (χ1) is 16.9.